The molecule has 0 fully saturated rings. The summed E-state index contributed by atoms with van der Waals surface area (Å²) in [5, 5.41) is 20.3. The lowest BCUT2D eigenvalue weighted by Crippen LogP contribution is -2.18. The summed E-state index contributed by atoms with van der Waals surface area (Å²) >= 11 is 0. The van der Waals surface area contributed by atoms with Crippen LogP contribution < -0.4 is 5.32 Å². The molecular weight excluding hydrogens is 390 g/mol. The number of pyridine rings is 1. The van der Waals surface area contributed by atoms with Crippen molar-refractivity contribution in [3.63, 3.8) is 0 Å². The molecular formula is C21H27N3O6. The highest BCUT2D eigenvalue weighted by atomic mass is 17.1. The normalized spacial score (nSPS) is 13.3. The number of nitrogens with one attached hydrogen (secondary N) is 1. The quantitative estimate of drug-likeness (QED) is 0.306. The number of esters is 1. The maximum absolute atomic E-state index is 12.5. The van der Waals surface area contributed by atoms with Crippen molar-refractivity contribution in [3.05, 3.63) is 35.5 Å². The fourth-order valence-electron chi connectivity index (χ4n) is 3.54. The molecule has 0 bridgehead atoms. The largest absolute Gasteiger partial charge is 0.466 e. The van der Waals surface area contributed by atoms with E-state index in [1.807, 2.05) is 24.3 Å². The SMILES string of the molecule is O=C(CCC(=O)OCCCCON(O)O)Nc1c2c(nc3ccccc13)CCCC2. The fourth-order valence-corrected chi connectivity index (χ4v) is 3.54. The van der Waals surface area contributed by atoms with Gasteiger partial charge in [-0.3, -0.25) is 29.8 Å². The van der Waals surface area contributed by atoms with Crippen LogP contribution in [0.2, 0.25) is 0 Å². The number of hydrogen-bond donors (Lipinski definition) is 3. The standard InChI is InChI=1S/C21H27N3O6/c25-19(11-12-20(26)29-13-5-6-14-30-24(27)28)23-21-15-7-1-3-9-17(15)22-18-10-4-2-8-16(18)21/h1,3,7,9,27-28H,2,4-6,8,10-14H2,(H,22,23,25). The summed E-state index contributed by atoms with van der Waals surface area (Å²) in [5.41, 5.74) is 3.82. The number of aromatic nitrogens is 1. The molecule has 0 unspecified atom stereocenters. The number of ether oxygens (including phenoxy) is 1. The van der Waals surface area contributed by atoms with Gasteiger partial charge in [0.25, 0.3) is 0 Å². The van der Waals surface area contributed by atoms with Gasteiger partial charge in [0.1, 0.15) is 0 Å². The number of hydrogen-bond acceptors (Lipinski definition) is 8. The minimum atomic E-state index is -0.446. The van der Waals surface area contributed by atoms with Crippen LogP contribution in [0.1, 0.15) is 49.8 Å². The molecule has 1 aromatic heterocycles. The first-order valence-electron chi connectivity index (χ1n) is 10.2. The van der Waals surface area contributed by atoms with Gasteiger partial charge in [0.2, 0.25) is 5.91 Å². The molecule has 1 aliphatic rings. The minimum absolute atomic E-state index is 0.00536. The van der Waals surface area contributed by atoms with Crippen molar-refractivity contribution in [2.45, 2.75) is 51.4 Å². The Kier molecular flexibility index (Phi) is 8.09. The van der Waals surface area contributed by atoms with Crippen LogP contribution in [0.5, 0.6) is 0 Å². The van der Waals surface area contributed by atoms with Crippen LogP contribution in [0, 0.1) is 0 Å². The van der Waals surface area contributed by atoms with E-state index < -0.39 is 5.97 Å². The third-order valence-corrected chi connectivity index (χ3v) is 5.00. The van der Waals surface area contributed by atoms with Crippen molar-refractivity contribution in [2.75, 3.05) is 18.5 Å². The van der Waals surface area contributed by atoms with Crippen LogP contribution in [0.3, 0.4) is 0 Å². The zero-order chi connectivity index (χ0) is 21.3. The first-order chi connectivity index (χ1) is 14.5. The van der Waals surface area contributed by atoms with Gasteiger partial charge in [-0.25, -0.2) is 0 Å². The molecule has 0 aliphatic heterocycles. The second-order valence-electron chi connectivity index (χ2n) is 7.20. The number of amides is 1. The van der Waals surface area contributed by atoms with Gasteiger partial charge in [0, 0.05) is 17.5 Å². The molecule has 1 amide bonds. The smallest absolute Gasteiger partial charge is 0.306 e. The van der Waals surface area contributed by atoms with Gasteiger partial charge in [0.15, 0.2) is 0 Å². The number of carbonyl (C=O) groups excluding carboxylic acids is 2. The summed E-state index contributed by atoms with van der Waals surface area (Å²) in [6, 6.07) is 7.76. The summed E-state index contributed by atoms with van der Waals surface area (Å²) in [6.45, 7) is 0.278. The topological polar surface area (TPSA) is 121 Å². The second kappa shape index (κ2) is 11.0. The molecule has 0 saturated heterocycles. The van der Waals surface area contributed by atoms with Gasteiger partial charge in [-0.2, -0.15) is 0 Å². The zero-order valence-corrected chi connectivity index (χ0v) is 16.8. The summed E-state index contributed by atoms with van der Waals surface area (Å²) in [6.07, 6.45) is 5.01. The van der Waals surface area contributed by atoms with Gasteiger partial charge < -0.3 is 10.1 Å². The number of anilines is 1. The number of nitrogens with zero attached hydrogens (tertiary/aromatic N) is 2. The molecule has 9 heteroatoms. The van der Waals surface area contributed by atoms with Crippen molar-refractivity contribution < 1.29 is 29.6 Å². The van der Waals surface area contributed by atoms with Crippen LogP contribution in [0.25, 0.3) is 10.9 Å². The predicted octanol–water partition coefficient (Wildman–Crippen LogP) is 3.17. The first-order valence-corrected chi connectivity index (χ1v) is 10.2. The lowest BCUT2D eigenvalue weighted by molar-refractivity contribution is -0.492. The Bertz CT molecular complexity index is 886. The molecule has 0 atom stereocenters. The molecule has 1 aliphatic carbocycles. The highest BCUT2D eigenvalue weighted by Crippen LogP contribution is 2.33. The molecule has 162 valence electrons. The van der Waals surface area contributed by atoms with Gasteiger partial charge in [-0.15, -0.1) is 0 Å². The number of carbonyl (C=O) groups is 2. The number of para-hydroxylation sites is 1. The molecule has 9 nitrogen and oxygen atoms in total. The Balaban J connectivity index is 1.50. The van der Waals surface area contributed by atoms with Crippen LogP contribution in [0.4, 0.5) is 5.69 Å². The number of fused-ring (bicyclic) bond motifs is 2. The predicted molar refractivity (Wildman–Crippen MR) is 108 cm³/mol. The maximum Gasteiger partial charge on any atom is 0.306 e. The average molecular weight is 417 g/mol. The number of benzene rings is 1. The lowest BCUT2D eigenvalue weighted by atomic mass is 9.92. The van der Waals surface area contributed by atoms with Gasteiger partial charge in [0.05, 0.1) is 36.2 Å². The highest BCUT2D eigenvalue weighted by molar-refractivity contribution is 6.03. The van der Waals surface area contributed by atoms with E-state index in [1.165, 1.54) is 0 Å². The minimum Gasteiger partial charge on any atom is -0.466 e. The number of rotatable bonds is 10. The molecule has 0 saturated carbocycles. The Labute approximate surface area is 174 Å². The molecule has 1 heterocycles. The fraction of sp³-hybridized carbons (Fsp3) is 0.476. The van der Waals surface area contributed by atoms with Crippen molar-refractivity contribution >= 4 is 28.5 Å². The molecule has 0 spiro atoms. The summed E-state index contributed by atoms with van der Waals surface area (Å²) in [7, 11) is 0. The Morgan fingerprint density at radius 1 is 1.07 bits per heavy atom. The van der Waals surface area contributed by atoms with Crippen LogP contribution in [0.15, 0.2) is 24.3 Å². The Hall–Kier alpha value is -2.59. The molecule has 3 rings (SSSR count). The van der Waals surface area contributed by atoms with Gasteiger partial charge >= 0.3 is 5.97 Å². The van der Waals surface area contributed by atoms with Gasteiger partial charge in [-0.1, -0.05) is 18.2 Å². The highest BCUT2D eigenvalue weighted by Gasteiger charge is 2.19. The monoisotopic (exact) mass is 417 g/mol. The van der Waals surface area contributed by atoms with E-state index in [0.29, 0.717) is 12.8 Å². The maximum atomic E-state index is 12.5. The van der Waals surface area contributed by atoms with E-state index in [9.17, 15) is 9.59 Å². The third kappa shape index (κ3) is 6.20. The molecule has 1 aromatic carbocycles. The Morgan fingerprint density at radius 3 is 2.67 bits per heavy atom. The average Bonchev–Trinajstić information content (AvgIpc) is 2.74. The van der Waals surface area contributed by atoms with E-state index in [-0.39, 0.29) is 37.4 Å². The van der Waals surface area contributed by atoms with Gasteiger partial charge in [-0.05, 0) is 50.2 Å². The van der Waals surface area contributed by atoms with Crippen molar-refractivity contribution in [2.24, 2.45) is 0 Å². The van der Waals surface area contributed by atoms with Crippen molar-refractivity contribution in [3.8, 4) is 0 Å². The number of aryl methyl sites for hydroxylation is 1. The third-order valence-electron chi connectivity index (χ3n) is 5.00. The summed E-state index contributed by atoms with van der Waals surface area (Å²) < 4.78 is 5.09. The van der Waals surface area contributed by atoms with E-state index in [4.69, 9.17) is 20.1 Å². The van der Waals surface area contributed by atoms with E-state index in [0.717, 1.165) is 53.5 Å². The Morgan fingerprint density at radius 2 is 1.83 bits per heavy atom. The van der Waals surface area contributed by atoms with E-state index >= 15 is 0 Å². The zero-order valence-electron chi connectivity index (χ0n) is 16.8. The second-order valence-corrected chi connectivity index (χ2v) is 7.20. The molecule has 0 radical (unpaired) electrons. The molecule has 30 heavy (non-hydrogen) atoms. The summed E-state index contributed by atoms with van der Waals surface area (Å²) in [5.74, 6) is -0.672. The van der Waals surface area contributed by atoms with Crippen LogP contribution >= 0.6 is 0 Å². The lowest BCUT2D eigenvalue weighted by Gasteiger charge is -2.21. The van der Waals surface area contributed by atoms with Crippen molar-refractivity contribution in [1.82, 2.24) is 10.4 Å². The molecule has 3 N–H and O–H groups in total. The number of unbranched alkanes of at least 4 members (excludes halogenated alkanes) is 1. The summed E-state index contributed by atoms with van der Waals surface area (Å²) in [4.78, 5) is 33.5. The van der Waals surface area contributed by atoms with E-state index in [2.05, 4.69) is 10.2 Å². The van der Waals surface area contributed by atoms with Crippen LogP contribution in [-0.4, -0.2) is 45.9 Å². The molecule has 2 aromatic rings. The van der Waals surface area contributed by atoms with Crippen molar-refractivity contribution in [1.29, 1.82) is 0 Å². The van der Waals surface area contributed by atoms with E-state index in [1.54, 1.807) is 0 Å². The van der Waals surface area contributed by atoms with Crippen LogP contribution in [-0.2, 0) is 32.0 Å². The first kappa shape index (κ1) is 22.1.